The standard InChI is InChI=1S/C14H18F3N/c15-13-5-3-11(4-6-13)10-14(16,17)12-2-1-8-18-9-7-12/h3-6,12,18H,1-2,7-10H2. The second kappa shape index (κ2) is 5.74. The Morgan fingerprint density at radius 2 is 1.83 bits per heavy atom. The van der Waals surface area contributed by atoms with Crippen LogP contribution in [0.3, 0.4) is 0 Å². The van der Waals surface area contributed by atoms with E-state index >= 15 is 0 Å². The molecule has 1 nitrogen and oxygen atoms in total. The molecule has 1 unspecified atom stereocenters. The van der Waals surface area contributed by atoms with Crippen LogP contribution in [0.1, 0.15) is 24.8 Å². The van der Waals surface area contributed by atoms with E-state index in [2.05, 4.69) is 5.32 Å². The smallest absolute Gasteiger partial charge is 0.254 e. The van der Waals surface area contributed by atoms with E-state index in [1.165, 1.54) is 24.3 Å². The fraction of sp³-hybridized carbons (Fsp3) is 0.571. The van der Waals surface area contributed by atoms with Gasteiger partial charge in [0.15, 0.2) is 0 Å². The van der Waals surface area contributed by atoms with Crippen molar-refractivity contribution >= 4 is 0 Å². The highest BCUT2D eigenvalue weighted by atomic mass is 19.3. The summed E-state index contributed by atoms with van der Waals surface area (Å²) in [4.78, 5) is 0. The predicted octanol–water partition coefficient (Wildman–Crippen LogP) is 3.39. The van der Waals surface area contributed by atoms with Crippen LogP contribution in [0.5, 0.6) is 0 Å². The number of halogens is 3. The number of benzene rings is 1. The van der Waals surface area contributed by atoms with Gasteiger partial charge in [-0.25, -0.2) is 13.2 Å². The summed E-state index contributed by atoms with van der Waals surface area (Å²) in [6.45, 7) is 1.48. The van der Waals surface area contributed by atoms with Gasteiger partial charge in [-0.15, -0.1) is 0 Å². The maximum absolute atomic E-state index is 14.2. The highest BCUT2D eigenvalue weighted by Crippen LogP contribution is 2.34. The first kappa shape index (κ1) is 13.4. The van der Waals surface area contributed by atoms with E-state index in [4.69, 9.17) is 0 Å². The van der Waals surface area contributed by atoms with Crippen LogP contribution >= 0.6 is 0 Å². The Bertz CT molecular complexity index is 367. The third kappa shape index (κ3) is 3.48. The van der Waals surface area contributed by atoms with Crippen molar-refractivity contribution in [2.45, 2.75) is 31.6 Å². The van der Waals surface area contributed by atoms with E-state index in [0.717, 1.165) is 13.0 Å². The molecule has 1 N–H and O–H groups in total. The van der Waals surface area contributed by atoms with Crippen LogP contribution < -0.4 is 5.32 Å². The summed E-state index contributed by atoms with van der Waals surface area (Å²) < 4.78 is 41.0. The summed E-state index contributed by atoms with van der Waals surface area (Å²) in [5.74, 6) is -3.66. The van der Waals surface area contributed by atoms with Gasteiger partial charge in [0.2, 0.25) is 0 Å². The van der Waals surface area contributed by atoms with Crippen LogP contribution in [0.2, 0.25) is 0 Å². The second-order valence-corrected chi connectivity index (χ2v) is 4.94. The topological polar surface area (TPSA) is 12.0 Å². The van der Waals surface area contributed by atoms with Gasteiger partial charge in [-0.3, -0.25) is 0 Å². The van der Waals surface area contributed by atoms with Crippen molar-refractivity contribution in [1.82, 2.24) is 5.32 Å². The fourth-order valence-electron chi connectivity index (χ4n) is 2.46. The second-order valence-electron chi connectivity index (χ2n) is 4.94. The zero-order chi connectivity index (χ0) is 13.0. The number of nitrogens with one attached hydrogen (secondary N) is 1. The molecule has 0 aliphatic carbocycles. The van der Waals surface area contributed by atoms with Crippen molar-refractivity contribution in [3.05, 3.63) is 35.6 Å². The fourth-order valence-corrected chi connectivity index (χ4v) is 2.46. The SMILES string of the molecule is Fc1ccc(CC(F)(F)C2CCCNCC2)cc1. The molecule has 1 aliphatic rings. The molecule has 18 heavy (non-hydrogen) atoms. The van der Waals surface area contributed by atoms with Crippen molar-refractivity contribution in [2.24, 2.45) is 5.92 Å². The quantitative estimate of drug-likeness (QED) is 0.875. The Labute approximate surface area is 105 Å². The zero-order valence-electron chi connectivity index (χ0n) is 10.3. The van der Waals surface area contributed by atoms with Crippen molar-refractivity contribution in [3.63, 3.8) is 0 Å². The number of alkyl halides is 2. The van der Waals surface area contributed by atoms with Gasteiger partial charge >= 0.3 is 0 Å². The Hall–Kier alpha value is -1.03. The lowest BCUT2D eigenvalue weighted by Crippen LogP contribution is -2.31. The predicted molar refractivity (Wildman–Crippen MR) is 65.3 cm³/mol. The van der Waals surface area contributed by atoms with Crippen molar-refractivity contribution in [3.8, 4) is 0 Å². The number of rotatable bonds is 3. The van der Waals surface area contributed by atoms with Crippen molar-refractivity contribution < 1.29 is 13.2 Å². The van der Waals surface area contributed by atoms with E-state index < -0.39 is 11.8 Å². The van der Waals surface area contributed by atoms with Gasteiger partial charge in [0.1, 0.15) is 5.82 Å². The number of hydrogen-bond donors (Lipinski definition) is 1. The molecule has 1 aromatic carbocycles. The minimum atomic E-state index is -2.70. The average Bonchev–Trinajstić information content (AvgIpc) is 2.61. The molecular formula is C14H18F3N. The maximum atomic E-state index is 14.2. The van der Waals surface area contributed by atoms with E-state index in [0.29, 0.717) is 24.9 Å². The lowest BCUT2D eigenvalue weighted by atomic mass is 9.89. The Kier molecular flexibility index (Phi) is 4.27. The van der Waals surface area contributed by atoms with E-state index in [1.54, 1.807) is 0 Å². The lowest BCUT2D eigenvalue weighted by Gasteiger charge is -2.25. The summed E-state index contributed by atoms with van der Waals surface area (Å²) in [6, 6.07) is 5.36. The van der Waals surface area contributed by atoms with Crippen LogP contribution in [0.25, 0.3) is 0 Å². The summed E-state index contributed by atoms with van der Waals surface area (Å²) in [5.41, 5.74) is 0.499. The average molecular weight is 257 g/mol. The highest BCUT2D eigenvalue weighted by Gasteiger charge is 2.39. The van der Waals surface area contributed by atoms with Crippen LogP contribution in [-0.2, 0) is 6.42 Å². The monoisotopic (exact) mass is 257 g/mol. The van der Waals surface area contributed by atoms with Crippen molar-refractivity contribution in [2.75, 3.05) is 13.1 Å². The highest BCUT2D eigenvalue weighted by molar-refractivity contribution is 5.17. The zero-order valence-corrected chi connectivity index (χ0v) is 10.3. The molecule has 1 aromatic rings. The molecule has 0 saturated carbocycles. The summed E-state index contributed by atoms with van der Waals surface area (Å²) in [5, 5.41) is 3.14. The van der Waals surface area contributed by atoms with Gasteiger partial charge in [-0.05, 0) is 50.0 Å². The first-order valence-electron chi connectivity index (χ1n) is 6.41. The van der Waals surface area contributed by atoms with E-state index in [1.807, 2.05) is 0 Å². The Morgan fingerprint density at radius 1 is 1.11 bits per heavy atom. The lowest BCUT2D eigenvalue weighted by molar-refractivity contribution is -0.0616. The maximum Gasteiger partial charge on any atom is 0.254 e. The van der Waals surface area contributed by atoms with Gasteiger partial charge in [-0.1, -0.05) is 12.1 Å². The molecule has 1 heterocycles. The van der Waals surface area contributed by atoms with Gasteiger partial charge in [-0.2, -0.15) is 0 Å². The Balaban J connectivity index is 2.02. The van der Waals surface area contributed by atoms with Crippen molar-refractivity contribution in [1.29, 1.82) is 0 Å². The molecule has 1 saturated heterocycles. The third-order valence-electron chi connectivity index (χ3n) is 3.53. The van der Waals surface area contributed by atoms with Gasteiger partial charge in [0, 0.05) is 12.3 Å². The largest absolute Gasteiger partial charge is 0.317 e. The summed E-state index contributed by atoms with van der Waals surface area (Å²) in [6.07, 6.45) is 1.57. The van der Waals surface area contributed by atoms with Crippen LogP contribution in [0.15, 0.2) is 24.3 Å². The van der Waals surface area contributed by atoms with Crippen LogP contribution in [-0.4, -0.2) is 19.0 Å². The molecule has 2 rings (SSSR count). The molecule has 1 fully saturated rings. The van der Waals surface area contributed by atoms with Gasteiger partial charge in [0.25, 0.3) is 5.92 Å². The molecule has 0 radical (unpaired) electrons. The molecule has 1 aliphatic heterocycles. The first-order chi connectivity index (χ1) is 8.58. The first-order valence-corrected chi connectivity index (χ1v) is 6.41. The summed E-state index contributed by atoms with van der Waals surface area (Å²) >= 11 is 0. The molecule has 0 bridgehead atoms. The molecule has 0 spiro atoms. The molecule has 1 atom stereocenters. The molecular weight excluding hydrogens is 239 g/mol. The molecule has 0 amide bonds. The summed E-state index contributed by atoms with van der Waals surface area (Å²) in [7, 11) is 0. The number of hydrogen-bond acceptors (Lipinski definition) is 1. The minimum Gasteiger partial charge on any atom is -0.317 e. The van der Waals surface area contributed by atoms with E-state index in [-0.39, 0.29) is 12.2 Å². The minimum absolute atomic E-state index is 0.294. The van der Waals surface area contributed by atoms with Crippen LogP contribution in [0.4, 0.5) is 13.2 Å². The third-order valence-corrected chi connectivity index (χ3v) is 3.53. The van der Waals surface area contributed by atoms with E-state index in [9.17, 15) is 13.2 Å². The molecule has 100 valence electrons. The molecule has 4 heteroatoms. The van der Waals surface area contributed by atoms with Gasteiger partial charge in [0.05, 0.1) is 0 Å². The van der Waals surface area contributed by atoms with Crippen LogP contribution in [0, 0.1) is 11.7 Å². The van der Waals surface area contributed by atoms with Gasteiger partial charge < -0.3 is 5.32 Å². The Morgan fingerprint density at radius 3 is 2.56 bits per heavy atom. The normalized spacial score (nSPS) is 21.6. The molecule has 0 aromatic heterocycles.